The van der Waals surface area contributed by atoms with Crippen LogP contribution in [0.3, 0.4) is 0 Å². The molecule has 1 aromatic rings. The molecule has 1 fully saturated rings. The Hall–Kier alpha value is -1.79. The maximum atomic E-state index is 12.0. The molecule has 2 rings (SSSR count). The van der Waals surface area contributed by atoms with E-state index in [0.717, 1.165) is 18.8 Å². The van der Waals surface area contributed by atoms with Crippen molar-refractivity contribution in [2.45, 2.75) is 32.5 Å². The molecule has 0 aliphatic carbocycles. The number of rotatable bonds is 5. The van der Waals surface area contributed by atoms with Gasteiger partial charge in [0.15, 0.2) is 0 Å². The number of hydrogen-bond acceptors (Lipinski definition) is 5. The summed E-state index contributed by atoms with van der Waals surface area (Å²) in [5.41, 5.74) is -0.473. The van der Waals surface area contributed by atoms with Gasteiger partial charge in [-0.3, -0.25) is 4.90 Å². The van der Waals surface area contributed by atoms with Crippen molar-refractivity contribution in [1.82, 2.24) is 9.80 Å². The molecule has 1 amide bonds. The summed E-state index contributed by atoms with van der Waals surface area (Å²) in [6.07, 6.45) is -0.826. The fraction of sp³-hybridized carbons (Fsp3) is 0.611. The highest BCUT2D eigenvalue weighted by molar-refractivity contribution is 5.68. The van der Waals surface area contributed by atoms with Crippen LogP contribution in [0, 0.1) is 0 Å². The van der Waals surface area contributed by atoms with Crippen LogP contribution in [0.5, 0.6) is 5.75 Å². The molecular formula is C18H28N2O4. The number of hydrogen-bond donors (Lipinski definition) is 1. The molecule has 1 saturated heterocycles. The van der Waals surface area contributed by atoms with Gasteiger partial charge in [-0.1, -0.05) is 18.2 Å². The minimum absolute atomic E-state index is 0.260. The van der Waals surface area contributed by atoms with Gasteiger partial charge in [0, 0.05) is 32.7 Å². The van der Waals surface area contributed by atoms with Gasteiger partial charge in [0.1, 0.15) is 24.1 Å². The van der Waals surface area contributed by atoms with Crippen LogP contribution in [0.1, 0.15) is 20.8 Å². The lowest BCUT2D eigenvalue weighted by Crippen LogP contribution is -2.51. The molecule has 1 aliphatic heterocycles. The average Bonchev–Trinajstić information content (AvgIpc) is 2.53. The van der Waals surface area contributed by atoms with Crippen LogP contribution in [0.4, 0.5) is 4.79 Å². The van der Waals surface area contributed by atoms with E-state index in [2.05, 4.69) is 4.90 Å². The fourth-order valence-electron chi connectivity index (χ4n) is 2.50. The second kappa shape index (κ2) is 8.35. The normalized spacial score (nSPS) is 17.4. The van der Waals surface area contributed by atoms with E-state index in [9.17, 15) is 9.90 Å². The summed E-state index contributed by atoms with van der Waals surface area (Å²) >= 11 is 0. The van der Waals surface area contributed by atoms with Gasteiger partial charge in [0.05, 0.1) is 0 Å². The molecule has 6 nitrogen and oxygen atoms in total. The molecule has 134 valence electrons. The first kappa shape index (κ1) is 18.5. The van der Waals surface area contributed by atoms with E-state index in [-0.39, 0.29) is 12.7 Å². The molecule has 1 N–H and O–H groups in total. The van der Waals surface area contributed by atoms with Crippen LogP contribution in [0.25, 0.3) is 0 Å². The van der Waals surface area contributed by atoms with E-state index in [1.54, 1.807) is 4.90 Å². The van der Waals surface area contributed by atoms with E-state index in [0.29, 0.717) is 19.6 Å². The minimum atomic E-state index is -0.557. The smallest absolute Gasteiger partial charge is 0.410 e. The van der Waals surface area contributed by atoms with Crippen molar-refractivity contribution in [3.63, 3.8) is 0 Å². The van der Waals surface area contributed by atoms with Crippen LogP contribution in [0.2, 0.25) is 0 Å². The fourth-order valence-corrected chi connectivity index (χ4v) is 2.50. The highest BCUT2D eigenvalue weighted by atomic mass is 16.6. The minimum Gasteiger partial charge on any atom is -0.491 e. The molecule has 1 aromatic carbocycles. The Balaban J connectivity index is 1.68. The van der Waals surface area contributed by atoms with E-state index >= 15 is 0 Å². The number of carbonyl (C=O) groups excluding carboxylic acids is 1. The maximum absolute atomic E-state index is 12.0. The number of nitrogens with zero attached hydrogens (tertiary/aromatic N) is 2. The van der Waals surface area contributed by atoms with Crippen molar-refractivity contribution in [2.24, 2.45) is 0 Å². The molecule has 0 bridgehead atoms. The predicted octanol–water partition coefficient (Wildman–Crippen LogP) is 1.98. The largest absolute Gasteiger partial charge is 0.491 e. The first-order valence-electron chi connectivity index (χ1n) is 8.40. The van der Waals surface area contributed by atoms with Gasteiger partial charge in [-0.2, -0.15) is 0 Å². The van der Waals surface area contributed by atoms with Crippen LogP contribution in [-0.4, -0.2) is 72.0 Å². The lowest BCUT2D eigenvalue weighted by molar-refractivity contribution is 0.00713. The number of benzene rings is 1. The van der Waals surface area contributed by atoms with Gasteiger partial charge in [-0.25, -0.2) is 4.79 Å². The zero-order valence-corrected chi connectivity index (χ0v) is 14.8. The number of ether oxygens (including phenoxy) is 2. The van der Waals surface area contributed by atoms with Gasteiger partial charge in [0.2, 0.25) is 0 Å². The van der Waals surface area contributed by atoms with Crippen LogP contribution in [-0.2, 0) is 4.74 Å². The van der Waals surface area contributed by atoms with Crippen molar-refractivity contribution >= 4 is 6.09 Å². The summed E-state index contributed by atoms with van der Waals surface area (Å²) in [6.45, 7) is 9.07. The summed E-state index contributed by atoms with van der Waals surface area (Å²) < 4.78 is 10.9. The van der Waals surface area contributed by atoms with Crippen LogP contribution in [0.15, 0.2) is 30.3 Å². The molecule has 0 saturated carbocycles. The molecule has 0 spiro atoms. The van der Waals surface area contributed by atoms with Crippen molar-refractivity contribution in [3.05, 3.63) is 30.3 Å². The quantitative estimate of drug-likeness (QED) is 0.891. The molecule has 6 heteroatoms. The Labute approximate surface area is 144 Å². The highest BCUT2D eigenvalue weighted by Crippen LogP contribution is 2.12. The van der Waals surface area contributed by atoms with E-state index in [1.165, 1.54) is 0 Å². The number of amides is 1. The van der Waals surface area contributed by atoms with Crippen molar-refractivity contribution < 1.29 is 19.4 Å². The number of piperazine rings is 1. The lowest BCUT2D eigenvalue weighted by Gasteiger charge is -2.36. The number of carbonyl (C=O) groups is 1. The van der Waals surface area contributed by atoms with Gasteiger partial charge in [0.25, 0.3) is 0 Å². The molecule has 0 radical (unpaired) electrons. The molecule has 0 aromatic heterocycles. The van der Waals surface area contributed by atoms with Crippen molar-refractivity contribution in [3.8, 4) is 5.75 Å². The zero-order chi connectivity index (χ0) is 17.6. The summed E-state index contributed by atoms with van der Waals surface area (Å²) in [6, 6.07) is 9.46. The van der Waals surface area contributed by atoms with Gasteiger partial charge >= 0.3 is 6.09 Å². The molecule has 1 atom stereocenters. The Morgan fingerprint density at radius 1 is 1.17 bits per heavy atom. The second-order valence-electron chi connectivity index (χ2n) is 7.05. The zero-order valence-electron chi connectivity index (χ0n) is 14.8. The molecule has 1 unspecified atom stereocenters. The Bertz CT molecular complexity index is 508. The first-order valence-corrected chi connectivity index (χ1v) is 8.40. The molecule has 1 heterocycles. The lowest BCUT2D eigenvalue weighted by atomic mass is 10.2. The number of para-hydroxylation sites is 1. The van der Waals surface area contributed by atoms with E-state index in [4.69, 9.17) is 9.47 Å². The topological polar surface area (TPSA) is 62.2 Å². The molecule has 1 aliphatic rings. The maximum Gasteiger partial charge on any atom is 0.410 e. The molecular weight excluding hydrogens is 308 g/mol. The average molecular weight is 336 g/mol. The second-order valence-corrected chi connectivity index (χ2v) is 7.05. The Kier molecular flexibility index (Phi) is 6.45. The third-order valence-corrected chi connectivity index (χ3v) is 3.68. The standard InChI is InChI=1S/C18H28N2O4/c1-18(2,3)24-17(22)20-11-9-19(10-12-20)13-15(21)14-23-16-7-5-4-6-8-16/h4-8,15,21H,9-14H2,1-3H3. The Morgan fingerprint density at radius 2 is 1.79 bits per heavy atom. The van der Waals surface area contributed by atoms with E-state index in [1.807, 2.05) is 51.1 Å². The Morgan fingerprint density at radius 3 is 2.38 bits per heavy atom. The third-order valence-electron chi connectivity index (χ3n) is 3.68. The van der Waals surface area contributed by atoms with Crippen LogP contribution < -0.4 is 4.74 Å². The summed E-state index contributed by atoms with van der Waals surface area (Å²) in [5, 5.41) is 10.1. The van der Waals surface area contributed by atoms with E-state index < -0.39 is 11.7 Å². The molecule has 24 heavy (non-hydrogen) atoms. The predicted molar refractivity (Wildman–Crippen MR) is 92.2 cm³/mol. The number of β-amino-alcohol motifs (C(OH)–C–C–N with tert-alkyl or cyclic N) is 1. The summed E-state index contributed by atoms with van der Waals surface area (Å²) in [4.78, 5) is 15.9. The summed E-state index contributed by atoms with van der Waals surface area (Å²) in [5.74, 6) is 0.756. The SMILES string of the molecule is CC(C)(C)OC(=O)N1CCN(CC(O)COc2ccccc2)CC1. The summed E-state index contributed by atoms with van der Waals surface area (Å²) in [7, 11) is 0. The van der Waals surface area contributed by atoms with Crippen LogP contribution >= 0.6 is 0 Å². The van der Waals surface area contributed by atoms with Gasteiger partial charge in [-0.15, -0.1) is 0 Å². The van der Waals surface area contributed by atoms with Crippen molar-refractivity contribution in [1.29, 1.82) is 0 Å². The van der Waals surface area contributed by atoms with Gasteiger partial charge in [-0.05, 0) is 32.9 Å². The monoisotopic (exact) mass is 336 g/mol. The highest BCUT2D eigenvalue weighted by Gasteiger charge is 2.26. The van der Waals surface area contributed by atoms with Gasteiger partial charge < -0.3 is 19.5 Å². The number of aliphatic hydroxyl groups excluding tert-OH is 1. The number of aliphatic hydroxyl groups is 1. The van der Waals surface area contributed by atoms with Crippen molar-refractivity contribution in [2.75, 3.05) is 39.3 Å². The first-order chi connectivity index (χ1) is 11.3. The third kappa shape index (κ3) is 6.37.